The lowest BCUT2D eigenvalue weighted by Gasteiger charge is -2.07. The SMILES string of the molecule is Cc1nn(C)c(C)c1CNCCC(F)(F)F. The molecule has 0 aliphatic carbocycles. The van der Waals surface area contributed by atoms with E-state index >= 15 is 0 Å². The van der Waals surface area contributed by atoms with Crippen molar-refractivity contribution < 1.29 is 13.2 Å². The number of hydrogen-bond donors (Lipinski definition) is 1. The van der Waals surface area contributed by atoms with Crippen LogP contribution in [0.15, 0.2) is 0 Å². The van der Waals surface area contributed by atoms with Gasteiger partial charge in [-0.25, -0.2) is 0 Å². The quantitative estimate of drug-likeness (QED) is 0.810. The summed E-state index contributed by atoms with van der Waals surface area (Å²) < 4.78 is 37.4. The van der Waals surface area contributed by atoms with E-state index in [4.69, 9.17) is 0 Å². The Bertz CT molecular complexity index is 355. The summed E-state index contributed by atoms with van der Waals surface area (Å²) in [5, 5.41) is 6.97. The lowest BCUT2D eigenvalue weighted by atomic mass is 10.2. The monoisotopic (exact) mass is 235 g/mol. The Morgan fingerprint density at radius 2 is 1.94 bits per heavy atom. The van der Waals surface area contributed by atoms with Gasteiger partial charge in [0.15, 0.2) is 0 Å². The normalized spacial score (nSPS) is 12.1. The Morgan fingerprint density at radius 1 is 1.31 bits per heavy atom. The fraction of sp³-hybridized carbons (Fsp3) is 0.700. The van der Waals surface area contributed by atoms with Gasteiger partial charge in [-0.05, 0) is 13.8 Å². The first kappa shape index (κ1) is 13.0. The van der Waals surface area contributed by atoms with Crippen LogP contribution < -0.4 is 5.32 Å². The highest BCUT2D eigenvalue weighted by molar-refractivity contribution is 5.23. The number of nitrogens with one attached hydrogen (secondary N) is 1. The van der Waals surface area contributed by atoms with Crippen molar-refractivity contribution in [3.63, 3.8) is 0 Å². The molecule has 1 heterocycles. The second-order valence-electron chi connectivity index (χ2n) is 3.81. The predicted octanol–water partition coefficient (Wildman–Crippen LogP) is 2.08. The molecule has 6 heteroatoms. The molecule has 0 aliphatic rings. The van der Waals surface area contributed by atoms with Crippen molar-refractivity contribution in [1.29, 1.82) is 0 Å². The van der Waals surface area contributed by atoms with Crippen molar-refractivity contribution in [2.75, 3.05) is 6.54 Å². The van der Waals surface area contributed by atoms with Crippen molar-refractivity contribution in [3.8, 4) is 0 Å². The van der Waals surface area contributed by atoms with Gasteiger partial charge in [-0.3, -0.25) is 4.68 Å². The smallest absolute Gasteiger partial charge is 0.312 e. The van der Waals surface area contributed by atoms with E-state index < -0.39 is 12.6 Å². The minimum atomic E-state index is -4.09. The molecule has 3 nitrogen and oxygen atoms in total. The van der Waals surface area contributed by atoms with Gasteiger partial charge in [-0.2, -0.15) is 18.3 Å². The summed E-state index contributed by atoms with van der Waals surface area (Å²) in [6.07, 6.45) is -4.89. The first-order valence-corrected chi connectivity index (χ1v) is 5.08. The number of alkyl halides is 3. The zero-order valence-corrected chi connectivity index (χ0v) is 9.65. The molecule has 1 N–H and O–H groups in total. The highest BCUT2D eigenvalue weighted by atomic mass is 19.4. The highest BCUT2D eigenvalue weighted by Crippen LogP contribution is 2.18. The molecule has 0 spiro atoms. The van der Waals surface area contributed by atoms with Crippen LogP contribution in [0.4, 0.5) is 13.2 Å². The summed E-state index contributed by atoms with van der Waals surface area (Å²) in [5.41, 5.74) is 2.82. The molecule has 0 saturated heterocycles. The van der Waals surface area contributed by atoms with Gasteiger partial charge >= 0.3 is 6.18 Å². The Labute approximate surface area is 92.6 Å². The molecule has 0 fully saturated rings. The fourth-order valence-corrected chi connectivity index (χ4v) is 1.52. The van der Waals surface area contributed by atoms with Gasteiger partial charge in [-0.1, -0.05) is 0 Å². The Kier molecular flexibility index (Phi) is 3.96. The molecular weight excluding hydrogens is 219 g/mol. The van der Waals surface area contributed by atoms with Gasteiger partial charge in [0.25, 0.3) is 0 Å². The zero-order valence-electron chi connectivity index (χ0n) is 9.65. The average molecular weight is 235 g/mol. The van der Waals surface area contributed by atoms with E-state index in [0.717, 1.165) is 17.0 Å². The van der Waals surface area contributed by atoms with Crippen LogP contribution in [0.1, 0.15) is 23.4 Å². The van der Waals surface area contributed by atoms with Crippen LogP contribution in [0.25, 0.3) is 0 Å². The molecule has 0 atom stereocenters. The molecule has 0 aliphatic heterocycles. The summed E-state index contributed by atoms with van der Waals surface area (Å²) in [4.78, 5) is 0. The van der Waals surface area contributed by atoms with E-state index in [1.54, 1.807) is 4.68 Å². The van der Waals surface area contributed by atoms with E-state index in [1.807, 2.05) is 20.9 Å². The molecule has 1 aromatic rings. The molecule has 0 bridgehead atoms. The van der Waals surface area contributed by atoms with Gasteiger partial charge in [0.05, 0.1) is 12.1 Å². The molecule has 0 amide bonds. The summed E-state index contributed by atoms with van der Waals surface area (Å²) in [5.74, 6) is 0. The minimum Gasteiger partial charge on any atom is -0.312 e. The zero-order chi connectivity index (χ0) is 12.3. The van der Waals surface area contributed by atoms with E-state index in [0.29, 0.717) is 6.54 Å². The molecule has 0 radical (unpaired) electrons. The van der Waals surface area contributed by atoms with Gasteiger partial charge in [0, 0.05) is 31.4 Å². The van der Waals surface area contributed by atoms with Crippen molar-refractivity contribution in [1.82, 2.24) is 15.1 Å². The minimum absolute atomic E-state index is 0.0583. The Morgan fingerprint density at radius 3 is 2.38 bits per heavy atom. The summed E-state index contributed by atoms with van der Waals surface area (Å²) in [7, 11) is 1.82. The molecule has 0 saturated carbocycles. The molecular formula is C10H16F3N3. The molecule has 1 rings (SSSR count). The molecule has 0 unspecified atom stereocenters. The van der Waals surface area contributed by atoms with Crippen LogP contribution in [0, 0.1) is 13.8 Å². The van der Waals surface area contributed by atoms with Crippen molar-refractivity contribution in [2.45, 2.75) is 33.0 Å². The third-order valence-corrected chi connectivity index (χ3v) is 2.55. The van der Waals surface area contributed by atoms with Crippen LogP contribution in [0.5, 0.6) is 0 Å². The highest BCUT2D eigenvalue weighted by Gasteiger charge is 2.26. The molecule has 16 heavy (non-hydrogen) atoms. The maximum Gasteiger partial charge on any atom is 0.390 e. The van der Waals surface area contributed by atoms with Gasteiger partial charge in [0.1, 0.15) is 0 Å². The number of halogens is 3. The van der Waals surface area contributed by atoms with E-state index in [-0.39, 0.29) is 6.54 Å². The second-order valence-corrected chi connectivity index (χ2v) is 3.81. The maximum absolute atomic E-state index is 11.9. The predicted molar refractivity (Wildman–Crippen MR) is 55.1 cm³/mol. The lowest BCUT2D eigenvalue weighted by Crippen LogP contribution is -2.21. The third kappa shape index (κ3) is 3.52. The van der Waals surface area contributed by atoms with Crippen molar-refractivity contribution in [2.24, 2.45) is 7.05 Å². The van der Waals surface area contributed by atoms with Crippen LogP contribution >= 0.6 is 0 Å². The first-order chi connectivity index (χ1) is 7.31. The van der Waals surface area contributed by atoms with Gasteiger partial charge in [-0.15, -0.1) is 0 Å². The Hall–Kier alpha value is -1.04. The summed E-state index contributed by atoms with van der Waals surface area (Å²) in [6, 6.07) is 0. The Balaban J connectivity index is 2.43. The molecule has 1 aromatic heterocycles. The number of nitrogens with zero attached hydrogens (tertiary/aromatic N) is 2. The van der Waals surface area contributed by atoms with Crippen LogP contribution in [-0.4, -0.2) is 22.5 Å². The third-order valence-electron chi connectivity index (χ3n) is 2.55. The van der Waals surface area contributed by atoms with E-state index in [1.165, 1.54) is 0 Å². The molecule has 0 aromatic carbocycles. The largest absolute Gasteiger partial charge is 0.390 e. The summed E-state index contributed by atoms with van der Waals surface area (Å²) in [6.45, 7) is 4.13. The van der Waals surface area contributed by atoms with E-state index in [2.05, 4.69) is 10.4 Å². The van der Waals surface area contributed by atoms with Gasteiger partial charge < -0.3 is 5.32 Å². The lowest BCUT2D eigenvalue weighted by molar-refractivity contribution is -0.133. The summed E-state index contributed by atoms with van der Waals surface area (Å²) >= 11 is 0. The fourth-order valence-electron chi connectivity index (χ4n) is 1.52. The van der Waals surface area contributed by atoms with Crippen LogP contribution in [-0.2, 0) is 13.6 Å². The average Bonchev–Trinajstić information content (AvgIpc) is 2.36. The van der Waals surface area contributed by atoms with Crippen LogP contribution in [0.3, 0.4) is 0 Å². The number of hydrogen-bond acceptors (Lipinski definition) is 2. The second kappa shape index (κ2) is 4.86. The van der Waals surface area contributed by atoms with Gasteiger partial charge in [0.2, 0.25) is 0 Å². The number of aromatic nitrogens is 2. The number of rotatable bonds is 4. The van der Waals surface area contributed by atoms with Crippen molar-refractivity contribution >= 4 is 0 Å². The maximum atomic E-state index is 11.9. The topological polar surface area (TPSA) is 29.9 Å². The van der Waals surface area contributed by atoms with Crippen LogP contribution in [0.2, 0.25) is 0 Å². The van der Waals surface area contributed by atoms with E-state index in [9.17, 15) is 13.2 Å². The molecule has 92 valence electrons. The number of aryl methyl sites for hydroxylation is 2. The standard InChI is InChI=1S/C10H16F3N3/c1-7-9(8(2)16(3)15-7)6-14-5-4-10(11,12)13/h14H,4-6H2,1-3H3. The first-order valence-electron chi connectivity index (χ1n) is 5.08. The van der Waals surface area contributed by atoms with Crippen molar-refractivity contribution in [3.05, 3.63) is 17.0 Å².